The van der Waals surface area contributed by atoms with Gasteiger partial charge in [0, 0.05) is 13.1 Å². The van der Waals surface area contributed by atoms with E-state index in [1.807, 2.05) is 39.0 Å². The molecule has 0 aliphatic heterocycles. The van der Waals surface area contributed by atoms with Gasteiger partial charge in [-0.1, -0.05) is 6.07 Å². The number of carbonyl (C=O) groups is 1. The second-order valence-corrected chi connectivity index (χ2v) is 5.05. The predicted molar refractivity (Wildman–Crippen MR) is 85.8 cm³/mol. The number of hydrogen-bond donors (Lipinski definition) is 0. The van der Waals surface area contributed by atoms with E-state index in [2.05, 4.69) is 4.98 Å². The third kappa shape index (κ3) is 4.03. The lowest BCUT2D eigenvalue weighted by Gasteiger charge is -2.16. The molecule has 6 nitrogen and oxygen atoms in total. The number of carbonyl (C=O) groups excluding carboxylic acids is 1. The van der Waals surface area contributed by atoms with E-state index in [-0.39, 0.29) is 12.5 Å². The predicted octanol–water partition coefficient (Wildman–Crippen LogP) is 3.05. The Morgan fingerprint density at radius 2 is 2.00 bits per heavy atom. The second kappa shape index (κ2) is 7.67. The molecule has 1 amide bonds. The zero-order valence-corrected chi connectivity index (χ0v) is 14.0. The fourth-order valence-corrected chi connectivity index (χ4v) is 2.18. The molecule has 1 heterocycles. The van der Waals surface area contributed by atoms with E-state index in [9.17, 15) is 4.79 Å². The first-order chi connectivity index (χ1) is 11.1. The number of aromatic nitrogens is 1. The maximum atomic E-state index is 12.2. The van der Waals surface area contributed by atoms with Crippen LogP contribution >= 0.6 is 0 Å². The van der Waals surface area contributed by atoms with Crippen molar-refractivity contribution in [3.63, 3.8) is 0 Å². The Morgan fingerprint density at radius 1 is 1.26 bits per heavy atom. The van der Waals surface area contributed by atoms with Gasteiger partial charge in [0.1, 0.15) is 6.26 Å². The van der Waals surface area contributed by atoms with Crippen molar-refractivity contribution in [2.45, 2.75) is 27.4 Å². The molecular weight excluding hydrogens is 296 g/mol. The number of aryl methyl sites for hydroxylation is 1. The minimum absolute atomic E-state index is 0.130. The second-order valence-electron chi connectivity index (χ2n) is 5.05. The summed E-state index contributed by atoms with van der Waals surface area (Å²) in [6.07, 6.45) is 1.37. The van der Waals surface area contributed by atoms with Gasteiger partial charge in [0.25, 0.3) is 5.91 Å². The lowest BCUT2D eigenvalue weighted by Crippen LogP contribution is -2.30. The molecule has 23 heavy (non-hydrogen) atoms. The van der Waals surface area contributed by atoms with Crippen molar-refractivity contribution >= 4 is 5.91 Å². The van der Waals surface area contributed by atoms with E-state index in [1.54, 1.807) is 12.0 Å². The molecule has 2 rings (SSSR count). The van der Waals surface area contributed by atoms with Gasteiger partial charge in [-0.15, -0.1) is 0 Å². The monoisotopic (exact) mass is 318 g/mol. The number of amides is 1. The van der Waals surface area contributed by atoms with Crippen molar-refractivity contribution in [3.8, 4) is 11.5 Å². The fourth-order valence-electron chi connectivity index (χ4n) is 2.18. The van der Waals surface area contributed by atoms with Gasteiger partial charge >= 0.3 is 0 Å². The molecule has 1 aromatic heterocycles. The van der Waals surface area contributed by atoms with E-state index in [4.69, 9.17) is 13.9 Å². The number of hydrogen-bond acceptors (Lipinski definition) is 5. The van der Waals surface area contributed by atoms with Gasteiger partial charge in [0.05, 0.1) is 7.11 Å². The van der Waals surface area contributed by atoms with Crippen molar-refractivity contribution in [1.29, 1.82) is 0 Å². The van der Waals surface area contributed by atoms with Crippen LogP contribution in [-0.4, -0.2) is 36.0 Å². The highest BCUT2D eigenvalue weighted by Crippen LogP contribution is 2.28. The van der Waals surface area contributed by atoms with Crippen molar-refractivity contribution < 1.29 is 18.7 Å². The van der Waals surface area contributed by atoms with Gasteiger partial charge in [-0.25, -0.2) is 4.98 Å². The van der Waals surface area contributed by atoms with Crippen LogP contribution in [0.15, 0.2) is 28.9 Å². The average Bonchev–Trinajstić information content (AvgIpc) is 3.03. The standard InChI is InChI=1S/C17H22N2O4/c1-5-19(6-2)17(20)13-10-23-16(18-13)11-22-14-8-7-12(3)9-15(14)21-4/h7-10H,5-6,11H2,1-4H3. The van der Waals surface area contributed by atoms with E-state index >= 15 is 0 Å². The normalized spacial score (nSPS) is 10.4. The molecule has 1 aromatic carbocycles. The molecule has 0 unspecified atom stereocenters. The summed E-state index contributed by atoms with van der Waals surface area (Å²) in [5.41, 5.74) is 1.38. The SMILES string of the molecule is CCN(CC)C(=O)c1coc(COc2ccc(C)cc2OC)n1. The average molecular weight is 318 g/mol. The maximum absolute atomic E-state index is 12.2. The Bertz CT molecular complexity index is 662. The lowest BCUT2D eigenvalue weighted by atomic mass is 10.2. The third-order valence-electron chi connectivity index (χ3n) is 3.49. The molecule has 0 bridgehead atoms. The highest BCUT2D eigenvalue weighted by atomic mass is 16.5. The lowest BCUT2D eigenvalue weighted by molar-refractivity contribution is 0.0767. The van der Waals surface area contributed by atoms with Crippen LogP contribution in [0.1, 0.15) is 35.8 Å². The molecule has 0 fully saturated rings. The van der Waals surface area contributed by atoms with Gasteiger partial charge < -0.3 is 18.8 Å². The van der Waals surface area contributed by atoms with E-state index in [0.717, 1.165) is 5.56 Å². The Hall–Kier alpha value is -2.50. The van der Waals surface area contributed by atoms with Crippen LogP contribution in [0.5, 0.6) is 11.5 Å². The topological polar surface area (TPSA) is 64.8 Å². The highest BCUT2D eigenvalue weighted by Gasteiger charge is 2.17. The smallest absolute Gasteiger partial charge is 0.275 e. The van der Waals surface area contributed by atoms with Crippen molar-refractivity contribution in [1.82, 2.24) is 9.88 Å². The molecule has 0 aliphatic rings. The number of oxazole rings is 1. The summed E-state index contributed by atoms with van der Waals surface area (Å²) in [6, 6.07) is 5.65. The van der Waals surface area contributed by atoms with E-state index < -0.39 is 0 Å². The summed E-state index contributed by atoms with van der Waals surface area (Å²) < 4.78 is 16.3. The van der Waals surface area contributed by atoms with Crippen LogP contribution < -0.4 is 9.47 Å². The molecule has 0 radical (unpaired) electrons. The molecule has 0 saturated heterocycles. The molecule has 124 valence electrons. The Labute approximate surface area is 136 Å². The van der Waals surface area contributed by atoms with Crippen LogP contribution in [0.25, 0.3) is 0 Å². The molecule has 0 spiro atoms. The molecular formula is C17H22N2O4. The van der Waals surface area contributed by atoms with Crippen molar-refractivity contribution in [2.75, 3.05) is 20.2 Å². The highest BCUT2D eigenvalue weighted by molar-refractivity contribution is 5.91. The molecule has 0 N–H and O–H groups in total. The van der Waals surface area contributed by atoms with Gasteiger partial charge in [0.15, 0.2) is 23.8 Å². The third-order valence-corrected chi connectivity index (χ3v) is 3.49. The Morgan fingerprint density at radius 3 is 2.65 bits per heavy atom. The summed E-state index contributed by atoms with van der Waals surface area (Å²) in [5, 5.41) is 0. The zero-order valence-electron chi connectivity index (χ0n) is 14.0. The van der Waals surface area contributed by atoms with Crippen molar-refractivity contribution in [3.05, 3.63) is 41.6 Å². The zero-order chi connectivity index (χ0) is 16.8. The summed E-state index contributed by atoms with van der Waals surface area (Å²) in [5.74, 6) is 1.46. The fraction of sp³-hybridized carbons (Fsp3) is 0.412. The minimum Gasteiger partial charge on any atom is -0.493 e. The van der Waals surface area contributed by atoms with E-state index in [0.29, 0.717) is 36.2 Å². The first-order valence-electron chi connectivity index (χ1n) is 7.60. The largest absolute Gasteiger partial charge is 0.493 e. The first kappa shape index (κ1) is 16.9. The molecule has 0 saturated carbocycles. The number of rotatable bonds is 7. The van der Waals surface area contributed by atoms with Gasteiger partial charge in [0.2, 0.25) is 5.89 Å². The number of methoxy groups -OCH3 is 1. The summed E-state index contributed by atoms with van der Waals surface area (Å²) >= 11 is 0. The Balaban J connectivity index is 2.04. The van der Waals surface area contributed by atoms with Crippen LogP contribution in [0.3, 0.4) is 0 Å². The van der Waals surface area contributed by atoms with Crippen LogP contribution in [0, 0.1) is 6.92 Å². The molecule has 2 aromatic rings. The number of nitrogens with zero attached hydrogens (tertiary/aromatic N) is 2. The minimum atomic E-state index is -0.141. The van der Waals surface area contributed by atoms with Gasteiger partial charge in [-0.2, -0.15) is 0 Å². The number of benzene rings is 1. The summed E-state index contributed by atoms with van der Waals surface area (Å²) in [7, 11) is 1.59. The van der Waals surface area contributed by atoms with Crippen LogP contribution in [-0.2, 0) is 6.61 Å². The first-order valence-corrected chi connectivity index (χ1v) is 7.60. The van der Waals surface area contributed by atoms with Crippen LogP contribution in [0.4, 0.5) is 0 Å². The molecule has 0 atom stereocenters. The van der Waals surface area contributed by atoms with E-state index in [1.165, 1.54) is 6.26 Å². The molecule has 0 aliphatic carbocycles. The summed E-state index contributed by atoms with van der Waals surface area (Å²) in [4.78, 5) is 18.1. The summed E-state index contributed by atoms with van der Waals surface area (Å²) in [6.45, 7) is 7.23. The van der Waals surface area contributed by atoms with Crippen LogP contribution in [0.2, 0.25) is 0 Å². The van der Waals surface area contributed by atoms with Gasteiger partial charge in [-0.3, -0.25) is 4.79 Å². The molecule has 6 heteroatoms. The van der Waals surface area contributed by atoms with Crippen molar-refractivity contribution in [2.24, 2.45) is 0 Å². The quantitative estimate of drug-likeness (QED) is 0.785. The number of ether oxygens (including phenoxy) is 2. The van der Waals surface area contributed by atoms with Gasteiger partial charge in [-0.05, 0) is 38.5 Å². The maximum Gasteiger partial charge on any atom is 0.275 e. The Kier molecular flexibility index (Phi) is 5.62.